The second kappa shape index (κ2) is 5.58. The molecule has 1 aliphatic heterocycles. The van der Waals surface area contributed by atoms with Gasteiger partial charge in [-0.05, 0) is 25.1 Å². The molecule has 0 radical (unpaired) electrons. The fourth-order valence-electron chi connectivity index (χ4n) is 2.46. The number of rotatable bonds is 2. The maximum absolute atomic E-state index is 12.6. The predicted octanol–water partition coefficient (Wildman–Crippen LogP) is 2.98. The smallest absolute Gasteiger partial charge is 0.290 e. The molecule has 0 saturated carbocycles. The molecule has 1 aromatic heterocycles. The zero-order chi connectivity index (χ0) is 14.1. The number of aryl methyl sites for hydroxylation is 1. The van der Waals surface area contributed by atoms with E-state index in [1.807, 2.05) is 36.1 Å². The Labute approximate surface area is 125 Å². The molecule has 2 aromatic rings. The first-order valence-corrected chi connectivity index (χ1v) is 7.76. The number of benzene rings is 1. The van der Waals surface area contributed by atoms with E-state index in [1.165, 1.54) is 0 Å². The number of carbonyl (C=O) groups excluding carboxylic acids is 1. The molecule has 2 heterocycles. The SMILES string of the molecule is Cc1ccc2oc(C(=O)N3CCOCC3CBr)cc2c1. The summed E-state index contributed by atoms with van der Waals surface area (Å²) in [6.45, 7) is 3.77. The molecule has 1 fully saturated rings. The van der Waals surface area contributed by atoms with E-state index in [-0.39, 0.29) is 11.9 Å². The number of fused-ring (bicyclic) bond motifs is 1. The Hall–Kier alpha value is -1.33. The van der Waals surface area contributed by atoms with Gasteiger partial charge in [0.2, 0.25) is 0 Å². The van der Waals surface area contributed by atoms with Gasteiger partial charge in [-0.1, -0.05) is 27.6 Å². The lowest BCUT2D eigenvalue weighted by molar-refractivity contribution is 0.00371. The first-order chi connectivity index (χ1) is 9.69. The number of furan rings is 1. The fraction of sp³-hybridized carbons (Fsp3) is 0.400. The first kappa shape index (κ1) is 13.6. The minimum absolute atomic E-state index is 0.0613. The van der Waals surface area contributed by atoms with Gasteiger partial charge in [-0.25, -0.2) is 0 Å². The van der Waals surface area contributed by atoms with E-state index in [2.05, 4.69) is 15.9 Å². The van der Waals surface area contributed by atoms with Crippen LogP contribution < -0.4 is 0 Å². The summed E-state index contributed by atoms with van der Waals surface area (Å²) in [6.07, 6.45) is 0. The molecule has 0 N–H and O–H groups in total. The Balaban J connectivity index is 1.91. The number of halogens is 1. The second-order valence-electron chi connectivity index (χ2n) is 5.03. The Kier molecular flexibility index (Phi) is 3.81. The number of carbonyl (C=O) groups is 1. The van der Waals surface area contributed by atoms with Crippen LogP contribution in [-0.4, -0.2) is 41.9 Å². The summed E-state index contributed by atoms with van der Waals surface area (Å²) in [6, 6.07) is 7.80. The lowest BCUT2D eigenvalue weighted by atomic mass is 10.2. The third-order valence-corrected chi connectivity index (χ3v) is 4.30. The normalized spacial score (nSPS) is 19.5. The Bertz CT molecular complexity index is 637. The van der Waals surface area contributed by atoms with Gasteiger partial charge in [0.15, 0.2) is 5.76 Å². The Morgan fingerprint density at radius 2 is 2.30 bits per heavy atom. The van der Waals surface area contributed by atoms with Crippen LogP contribution in [0.15, 0.2) is 28.7 Å². The summed E-state index contributed by atoms with van der Waals surface area (Å²) in [4.78, 5) is 14.4. The molecule has 3 rings (SSSR count). The van der Waals surface area contributed by atoms with E-state index in [9.17, 15) is 4.79 Å². The van der Waals surface area contributed by atoms with Gasteiger partial charge in [-0.15, -0.1) is 0 Å². The molecular formula is C15H16BrNO3. The van der Waals surface area contributed by atoms with Crippen molar-refractivity contribution in [2.45, 2.75) is 13.0 Å². The molecule has 1 aliphatic rings. The van der Waals surface area contributed by atoms with Crippen molar-refractivity contribution in [2.24, 2.45) is 0 Å². The molecular weight excluding hydrogens is 322 g/mol. The monoisotopic (exact) mass is 337 g/mol. The largest absolute Gasteiger partial charge is 0.451 e. The van der Waals surface area contributed by atoms with Crippen LogP contribution in [0.25, 0.3) is 11.0 Å². The molecule has 0 spiro atoms. The fourth-order valence-corrected chi connectivity index (χ4v) is 3.00. The van der Waals surface area contributed by atoms with Crippen molar-refractivity contribution in [3.05, 3.63) is 35.6 Å². The number of hydrogen-bond donors (Lipinski definition) is 0. The third-order valence-electron chi connectivity index (χ3n) is 3.55. The van der Waals surface area contributed by atoms with Crippen LogP contribution in [0.1, 0.15) is 16.1 Å². The highest BCUT2D eigenvalue weighted by atomic mass is 79.9. The van der Waals surface area contributed by atoms with Gasteiger partial charge in [0, 0.05) is 17.3 Å². The van der Waals surface area contributed by atoms with Crippen LogP contribution in [0.3, 0.4) is 0 Å². The lowest BCUT2D eigenvalue weighted by Crippen LogP contribution is -2.49. The third kappa shape index (κ3) is 2.47. The highest BCUT2D eigenvalue weighted by Crippen LogP contribution is 2.23. The van der Waals surface area contributed by atoms with Crippen molar-refractivity contribution < 1.29 is 13.9 Å². The van der Waals surface area contributed by atoms with E-state index >= 15 is 0 Å². The van der Waals surface area contributed by atoms with Gasteiger partial charge in [0.25, 0.3) is 5.91 Å². The molecule has 1 atom stereocenters. The topological polar surface area (TPSA) is 42.7 Å². The highest BCUT2D eigenvalue weighted by Gasteiger charge is 2.29. The molecule has 0 bridgehead atoms. The second-order valence-corrected chi connectivity index (χ2v) is 5.68. The van der Waals surface area contributed by atoms with E-state index in [0.29, 0.717) is 30.8 Å². The summed E-state index contributed by atoms with van der Waals surface area (Å²) in [5, 5.41) is 1.68. The Morgan fingerprint density at radius 3 is 3.10 bits per heavy atom. The van der Waals surface area contributed by atoms with Crippen LogP contribution in [0.4, 0.5) is 0 Å². The van der Waals surface area contributed by atoms with Crippen LogP contribution in [0.2, 0.25) is 0 Å². The molecule has 5 heteroatoms. The highest BCUT2D eigenvalue weighted by molar-refractivity contribution is 9.09. The maximum atomic E-state index is 12.6. The summed E-state index contributed by atoms with van der Waals surface area (Å²) in [5.41, 5.74) is 1.91. The van der Waals surface area contributed by atoms with Gasteiger partial charge < -0.3 is 14.1 Å². The van der Waals surface area contributed by atoms with Gasteiger partial charge in [0.1, 0.15) is 5.58 Å². The van der Waals surface area contributed by atoms with Crippen molar-refractivity contribution in [2.75, 3.05) is 25.1 Å². The van der Waals surface area contributed by atoms with Crippen LogP contribution >= 0.6 is 15.9 Å². The predicted molar refractivity (Wildman–Crippen MR) is 80.4 cm³/mol. The van der Waals surface area contributed by atoms with Crippen LogP contribution in [0, 0.1) is 6.92 Å². The first-order valence-electron chi connectivity index (χ1n) is 6.64. The number of amides is 1. The molecule has 4 nitrogen and oxygen atoms in total. The minimum atomic E-state index is -0.0633. The van der Waals surface area contributed by atoms with Crippen molar-refractivity contribution in [3.8, 4) is 0 Å². The molecule has 0 aliphatic carbocycles. The summed E-state index contributed by atoms with van der Waals surface area (Å²) in [5.74, 6) is 0.338. The van der Waals surface area contributed by atoms with Crippen LogP contribution in [0.5, 0.6) is 0 Å². The van der Waals surface area contributed by atoms with Crippen molar-refractivity contribution in [1.82, 2.24) is 4.90 Å². The van der Waals surface area contributed by atoms with Gasteiger partial charge >= 0.3 is 0 Å². The minimum Gasteiger partial charge on any atom is -0.451 e. The molecule has 1 unspecified atom stereocenters. The summed E-state index contributed by atoms with van der Waals surface area (Å²) < 4.78 is 11.1. The number of morpholine rings is 1. The lowest BCUT2D eigenvalue weighted by Gasteiger charge is -2.33. The van der Waals surface area contributed by atoms with Crippen molar-refractivity contribution in [3.63, 3.8) is 0 Å². The number of nitrogens with zero attached hydrogens (tertiary/aromatic N) is 1. The van der Waals surface area contributed by atoms with E-state index in [0.717, 1.165) is 16.5 Å². The number of alkyl halides is 1. The standard InChI is InChI=1S/C15H16BrNO3/c1-10-2-3-13-11(6-10)7-14(20-13)15(18)17-4-5-19-9-12(17)8-16/h2-3,6-7,12H,4-5,8-9H2,1H3. The van der Waals surface area contributed by atoms with Crippen molar-refractivity contribution in [1.29, 1.82) is 0 Å². The maximum Gasteiger partial charge on any atom is 0.290 e. The van der Waals surface area contributed by atoms with Gasteiger partial charge in [-0.3, -0.25) is 4.79 Å². The quantitative estimate of drug-likeness (QED) is 0.791. The number of hydrogen-bond acceptors (Lipinski definition) is 3. The zero-order valence-corrected chi connectivity index (χ0v) is 12.9. The van der Waals surface area contributed by atoms with Gasteiger partial charge in [0.05, 0.1) is 19.3 Å². The average Bonchev–Trinajstić information content (AvgIpc) is 2.89. The van der Waals surface area contributed by atoms with Gasteiger partial charge in [-0.2, -0.15) is 0 Å². The molecule has 1 amide bonds. The summed E-state index contributed by atoms with van der Waals surface area (Å²) >= 11 is 3.43. The van der Waals surface area contributed by atoms with E-state index < -0.39 is 0 Å². The number of ether oxygens (including phenoxy) is 1. The zero-order valence-electron chi connectivity index (χ0n) is 11.3. The van der Waals surface area contributed by atoms with Crippen LogP contribution in [-0.2, 0) is 4.74 Å². The summed E-state index contributed by atoms with van der Waals surface area (Å²) in [7, 11) is 0. The average molecular weight is 338 g/mol. The molecule has 1 saturated heterocycles. The van der Waals surface area contributed by atoms with E-state index in [1.54, 1.807) is 0 Å². The molecule has 1 aromatic carbocycles. The molecule has 20 heavy (non-hydrogen) atoms. The molecule has 106 valence electrons. The Morgan fingerprint density at radius 1 is 1.45 bits per heavy atom. The van der Waals surface area contributed by atoms with E-state index in [4.69, 9.17) is 9.15 Å². The van der Waals surface area contributed by atoms with Crippen molar-refractivity contribution >= 4 is 32.8 Å².